The number of hydrogen-bond donors (Lipinski definition) is 0. The fourth-order valence-electron chi connectivity index (χ4n) is 3.49. The number of ether oxygens (including phenoxy) is 1. The van der Waals surface area contributed by atoms with Crippen molar-refractivity contribution >= 4 is 21.7 Å². The number of methoxy groups -OCH3 is 1. The molecule has 0 radical (unpaired) electrons. The molecule has 1 saturated heterocycles. The average molecular weight is 420 g/mol. The molecule has 3 rings (SSSR count). The number of piperazine rings is 1. The van der Waals surface area contributed by atoms with Crippen LogP contribution in [-0.2, 0) is 10.0 Å². The molecule has 0 bridgehead atoms. The minimum absolute atomic E-state index is 0.344. The maximum atomic E-state index is 13.2. The monoisotopic (exact) mass is 419 g/mol. The number of rotatable bonds is 5. The first-order chi connectivity index (χ1) is 13.6. The van der Waals surface area contributed by atoms with E-state index in [1.807, 2.05) is 38.9 Å². The van der Waals surface area contributed by atoms with Crippen molar-refractivity contribution in [3.63, 3.8) is 0 Å². The van der Waals surface area contributed by atoms with Crippen molar-refractivity contribution in [2.45, 2.75) is 25.7 Å². The summed E-state index contributed by atoms with van der Waals surface area (Å²) in [6, 6.07) is 5.42. The fourth-order valence-corrected chi connectivity index (χ4v) is 5.20. The molecule has 0 N–H and O–H groups in total. The molecule has 2 aromatic rings. The first kappa shape index (κ1) is 21.3. The highest BCUT2D eigenvalue weighted by Gasteiger charge is 2.30. The van der Waals surface area contributed by atoms with E-state index >= 15 is 0 Å². The second kappa shape index (κ2) is 8.16. The van der Waals surface area contributed by atoms with Crippen molar-refractivity contribution in [1.29, 1.82) is 0 Å². The molecule has 29 heavy (non-hydrogen) atoms. The van der Waals surface area contributed by atoms with E-state index in [9.17, 15) is 8.42 Å². The summed E-state index contributed by atoms with van der Waals surface area (Å²) < 4.78 is 33.3. The SMILES string of the molecule is COc1cc(C)c(S(=O)(=O)N2CCN(c3cc(N(C)C)nc(C)n3)CC2)cc1C. The molecule has 1 aliphatic heterocycles. The van der Waals surface area contributed by atoms with Gasteiger partial charge in [-0.2, -0.15) is 4.31 Å². The Hall–Kier alpha value is -2.39. The highest BCUT2D eigenvalue weighted by atomic mass is 32.2. The summed E-state index contributed by atoms with van der Waals surface area (Å²) in [5.41, 5.74) is 1.50. The summed E-state index contributed by atoms with van der Waals surface area (Å²) in [6.45, 7) is 7.51. The molecule has 0 spiro atoms. The van der Waals surface area contributed by atoms with E-state index in [1.165, 1.54) is 0 Å². The minimum Gasteiger partial charge on any atom is -0.496 e. The Kier molecular flexibility index (Phi) is 6.00. The van der Waals surface area contributed by atoms with Crippen molar-refractivity contribution in [3.8, 4) is 5.75 Å². The van der Waals surface area contributed by atoms with Gasteiger partial charge in [-0.1, -0.05) is 0 Å². The van der Waals surface area contributed by atoms with Crippen molar-refractivity contribution in [2.75, 3.05) is 57.2 Å². The molecule has 1 aliphatic rings. The van der Waals surface area contributed by atoms with Crippen molar-refractivity contribution in [3.05, 3.63) is 35.2 Å². The van der Waals surface area contributed by atoms with Gasteiger partial charge >= 0.3 is 0 Å². The Morgan fingerprint density at radius 2 is 1.62 bits per heavy atom. The van der Waals surface area contributed by atoms with Gasteiger partial charge in [0.15, 0.2) is 0 Å². The molecule has 1 fully saturated rings. The molecule has 0 aliphatic carbocycles. The van der Waals surface area contributed by atoms with Crippen LogP contribution in [0.5, 0.6) is 5.75 Å². The van der Waals surface area contributed by atoms with Gasteiger partial charge in [-0.25, -0.2) is 18.4 Å². The highest BCUT2D eigenvalue weighted by molar-refractivity contribution is 7.89. The molecule has 1 aromatic carbocycles. The van der Waals surface area contributed by atoms with Crippen LogP contribution in [0.2, 0.25) is 0 Å². The molecular weight excluding hydrogens is 390 g/mol. The molecule has 2 heterocycles. The molecule has 1 aromatic heterocycles. The lowest BCUT2D eigenvalue weighted by Gasteiger charge is -2.35. The Labute approximate surface area is 173 Å². The Morgan fingerprint density at radius 1 is 0.966 bits per heavy atom. The number of aryl methyl sites for hydroxylation is 3. The van der Waals surface area contributed by atoms with E-state index in [-0.39, 0.29) is 0 Å². The first-order valence-electron chi connectivity index (χ1n) is 9.57. The van der Waals surface area contributed by atoms with Crippen LogP contribution >= 0.6 is 0 Å². The predicted molar refractivity (Wildman–Crippen MR) is 115 cm³/mol. The molecular formula is C20H29N5O3S. The zero-order valence-corrected chi connectivity index (χ0v) is 18.7. The third-order valence-electron chi connectivity index (χ3n) is 5.14. The number of anilines is 2. The molecule has 9 heteroatoms. The normalized spacial score (nSPS) is 15.4. The zero-order chi connectivity index (χ0) is 21.3. The van der Waals surface area contributed by atoms with Crippen LogP contribution in [0.3, 0.4) is 0 Å². The van der Waals surface area contributed by atoms with Crippen LogP contribution in [0.25, 0.3) is 0 Å². The molecule has 158 valence electrons. The smallest absolute Gasteiger partial charge is 0.243 e. The van der Waals surface area contributed by atoms with Crippen molar-refractivity contribution < 1.29 is 13.2 Å². The van der Waals surface area contributed by atoms with Crippen molar-refractivity contribution in [2.24, 2.45) is 0 Å². The highest BCUT2D eigenvalue weighted by Crippen LogP contribution is 2.29. The lowest BCUT2D eigenvalue weighted by molar-refractivity contribution is 0.383. The van der Waals surface area contributed by atoms with Gasteiger partial charge in [0, 0.05) is 46.3 Å². The average Bonchev–Trinajstić information content (AvgIpc) is 2.68. The van der Waals surface area contributed by atoms with Gasteiger partial charge in [0.05, 0.1) is 12.0 Å². The van der Waals surface area contributed by atoms with Crippen LogP contribution in [0, 0.1) is 20.8 Å². The number of nitrogens with zero attached hydrogens (tertiary/aromatic N) is 5. The molecule has 0 atom stereocenters. The molecule has 0 amide bonds. The zero-order valence-electron chi connectivity index (χ0n) is 17.9. The Balaban J connectivity index is 1.79. The van der Waals surface area contributed by atoms with E-state index < -0.39 is 10.0 Å². The standard InChI is InChI=1S/C20H29N5O3S/c1-14-12-18(15(2)11-17(14)28-6)29(26,27)25-9-7-24(8-10-25)20-13-19(23(4)5)21-16(3)22-20/h11-13H,7-10H2,1-6H3. The van der Waals surface area contributed by atoms with Crippen LogP contribution in [0.1, 0.15) is 17.0 Å². The lowest BCUT2D eigenvalue weighted by Crippen LogP contribution is -2.49. The fraction of sp³-hybridized carbons (Fsp3) is 0.500. The van der Waals surface area contributed by atoms with Crippen LogP contribution in [0.15, 0.2) is 23.1 Å². The van der Waals surface area contributed by atoms with Crippen molar-refractivity contribution in [1.82, 2.24) is 14.3 Å². The van der Waals surface area contributed by atoms with Gasteiger partial charge < -0.3 is 14.5 Å². The topological polar surface area (TPSA) is 78.9 Å². The Bertz CT molecular complexity index is 999. The van der Waals surface area contributed by atoms with Gasteiger partial charge in [-0.05, 0) is 44.0 Å². The third-order valence-corrected chi connectivity index (χ3v) is 7.18. The number of benzene rings is 1. The van der Waals surface area contributed by atoms with Crippen LogP contribution in [-0.4, -0.2) is 70.1 Å². The van der Waals surface area contributed by atoms with Gasteiger partial charge in [0.25, 0.3) is 0 Å². The van der Waals surface area contributed by atoms with E-state index in [0.29, 0.717) is 48.2 Å². The van der Waals surface area contributed by atoms with Gasteiger partial charge in [0.2, 0.25) is 10.0 Å². The van der Waals surface area contributed by atoms with Gasteiger partial charge in [0.1, 0.15) is 23.2 Å². The summed E-state index contributed by atoms with van der Waals surface area (Å²) in [5, 5.41) is 0. The van der Waals surface area contributed by atoms with E-state index in [0.717, 1.165) is 17.2 Å². The number of aromatic nitrogens is 2. The summed E-state index contributed by atoms with van der Waals surface area (Å²) >= 11 is 0. The van der Waals surface area contributed by atoms with Gasteiger partial charge in [-0.3, -0.25) is 0 Å². The molecule has 8 nitrogen and oxygen atoms in total. The van der Waals surface area contributed by atoms with E-state index in [1.54, 1.807) is 30.5 Å². The lowest BCUT2D eigenvalue weighted by atomic mass is 10.1. The van der Waals surface area contributed by atoms with E-state index in [4.69, 9.17) is 4.74 Å². The maximum Gasteiger partial charge on any atom is 0.243 e. The Morgan fingerprint density at radius 3 is 2.21 bits per heavy atom. The minimum atomic E-state index is -3.57. The van der Waals surface area contributed by atoms with Crippen LogP contribution < -0.4 is 14.5 Å². The summed E-state index contributed by atoms with van der Waals surface area (Å²) in [6.07, 6.45) is 0. The second-order valence-electron chi connectivity index (χ2n) is 7.50. The number of sulfonamides is 1. The summed E-state index contributed by atoms with van der Waals surface area (Å²) in [5.74, 6) is 3.06. The second-order valence-corrected chi connectivity index (χ2v) is 9.41. The quantitative estimate of drug-likeness (QED) is 0.733. The molecule has 0 unspecified atom stereocenters. The predicted octanol–water partition coefficient (Wildman–Crippen LogP) is 1.99. The maximum absolute atomic E-state index is 13.2. The van der Waals surface area contributed by atoms with Crippen LogP contribution in [0.4, 0.5) is 11.6 Å². The molecule has 0 saturated carbocycles. The third kappa shape index (κ3) is 4.30. The number of hydrogen-bond acceptors (Lipinski definition) is 7. The van der Waals surface area contributed by atoms with E-state index in [2.05, 4.69) is 14.9 Å². The summed E-state index contributed by atoms with van der Waals surface area (Å²) in [4.78, 5) is 13.4. The first-order valence-corrected chi connectivity index (χ1v) is 11.0. The van der Waals surface area contributed by atoms with Gasteiger partial charge in [-0.15, -0.1) is 0 Å². The summed E-state index contributed by atoms with van der Waals surface area (Å²) in [7, 11) is 1.90. The largest absolute Gasteiger partial charge is 0.496 e.